The van der Waals surface area contributed by atoms with Crippen LogP contribution in [0.2, 0.25) is 0 Å². The van der Waals surface area contributed by atoms with Crippen molar-refractivity contribution in [2.75, 3.05) is 33.4 Å². The highest BCUT2D eigenvalue weighted by atomic mass is 19.1. The van der Waals surface area contributed by atoms with Gasteiger partial charge in [-0.2, -0.15) is 0 Å². The summed E-state index contributed by atoms with van der Waals surface area (Å²) in [7, 11) is 3.54. The topological polar surface area (TPSA) is 68.2 Å². The van der Waals surface area contributed by atoms with Crippen molar-refractivity contribution < 1.29 is 13.9 Å². The van der Waals surface area contributed by atoms with Gasteiger partial charge in [0.05, 0.1) is 23.1 Å². The van der Waals surface area contributed by atoms with Crippen LogP contribution < -0.4 is 10.6 Å². The molecule has 1 saturated heterocycles. The first-order valence-corrected chi connectivity index (χ1v) is 8.64. The third kappa shape index (κ3) is 3.67. The molecule has 7 heteroatoms. The van der Waals surface area contributed by atoms with Gasteiger partial charge in [-0.05, 0) is 38.1 Å². The molecule has 2 aromatic rings. The predicted molar refractivity (Wildman–Crippen MR) is 93.8 cm³/mol. The second kappa shape index (κ2) is 7.49. The van der Waals surface area contributed by atoms with Gasteiger partial charge in [-0.25, -0.2) is 9.37 Å². The Bertz CT molecular complexity index is 747. The van der Waals surface area contributed by atoms with Crippen LogP contribution in [0.3, 0.4) is 0 Å². The molecule has 0 aliphatic carbocycles. The number of piperidine rings is 1. The number of halogens is 1. The van der Waals surface area contributed by atoms with E-state index in [-0.39, 0.29) is 11.7 Å². The third-order valence-electron chi connectivity index (χ3n) is 5.03. The Kier molecular flexibility index (Phi) is 5.34. The first kappa shape index (κ1) is 17.8. The monoisotopic (exact) mass is 348 g/mol. The van der Waals surface area contributed by atoms with E-state index >= 15 is 0 Å². The average Bonchev–Trinajstić information content (AvgIpc) is 2.91. The van der Waals surface area contributed by atoms with Crippen LogP contribution in [0.5, 0.6) is 0 Å². The first-order valence-electron chi connectivity index (χ1n) is 8.64. The van der Waals surface area contributed by atoms with E-state index in [2.05, 4.69) is 15.6 Å². The molecule has 0 saturated carbocycles. The molecule has 0 unspecified atom stereocenters. The number of nitrogens with one attached hydrogen (secondary N) is 2. The van der Waals surface area contributed by atoms with Crippen LogP contribution in [-0.2, 0) is 23.0 Å². The molecule has 1 amide bonds. The highest BCUT2D eigenvalue weighted by molar-refractivity contribution is 5.83. The standard InChI is InChI=1S/C18H25FN4O2/c1-23-15-4-3-13(19)11-14(15)22-16(23)5-8-21-17(24)18(12-25-2)6-9-20-10-7-18/h3-4,11,20H,5-10,12H2,1-2H3,(H,21,24). The summed E-state index contributed by atoms with van der Waals surface area (Å²) in [5.74, 6) is 0.575. The number of ether oxygens (including phenoxy) is 1. The van der Waals surface area contributed by atoms with Gasteiger partial charge in [-0.1, -0.05) is 0 Å². The average molecular weight is 348 g/mol. The predicted octanol–water partition coefficient (Wildman–Crippen LogP) is 1.39. The summed E-state index contributed by atoms with van der Waals surface area (Å²) in [5.41, 5.74) is 1.07. The Morgan fingerprint density at radius 3 is 2.92 bits per heavy atom. The summed E-state index contributed by atoms with van der Waals surface area (Å²) in [6.07, 6.45) is 2.15. The zero-order valence-corrected chi connectivity index (χ0v) is 14.8. The van der Waals surface area contributed by atoms with Gasteiger partial charge in [0.15, 0.2) is 0 Å². The number of imidazole rings is 1. The normalized spacial score (nSPS) is 16.9. The maximum absolute atomic E-state index is 13.3. The second-order valence-electron chi connectivity index (χ2n) is 6.69. The Hall–Kier alpha value is -1.99. The van der Waals surface area contributed by atoms with E-state index in [9.17, 15) is 9.18 Å². The molecule has 1 aliphatic heterocycles. The number of hydrogen-bond donors (Lipinski definition) is 2. The summed E-state index contributed by atoms with van der Waals surface area (Å²) in [6.45, 7) is 2.59. The number of fused-ring (bicyclic) bond motifs is 1. The Balaban J connectivity index is 1.64. The lowest BCUT2D eigenvalue weighted by atomic mass is 9.78. The van der Waals surface area contributed by atoms with Crippen molar-refractivity contribution in [3.05, 3.63) is 29.8 Å². The van der Waals surface area contributed by atoms with Gasteiger partial charge < -0.3 is 19.9 Å². The van der Waals surface area contributed by atoms with E-state index in [1.54, 1.807) is 13.2 Å². The minimum atomic E-state index is -0.449. The molecule has 1 aliphatic rings. The largest absolute Gasteiger partial charge is 0.384 e. The van der Waals surface area contributed by atoms with Crippen LogP contribution in [0.15, 0.2) is 18.2 Å². The van der Waals surface area contributed by atoms with Gasteiger partial charge in [-0.15, -0.1) is 0 Å². The highest BCUT2D eigenvalue weighted by Crippen LogP contribution is 2.29. The number of amides is 1. The minimum absolute atomic E-state index is 0.0423. The van der Waals surface area contributed by atoms with Crippen molar-refractivity contribution in [3.8, 4) is 0 Å². The van der Waals surface area contributed by atoms with Crippen molar-refractivity contribution in [1.29, 1.82) is 0 Å². The van der Waals surface area contributed by atoms with Gasteiger partial charge in [0.1, 0.15) is 11.6 Å². The molecule has 25 heavy (non-hydrogen) atoms. The first-order chi connectivity index (χ1) is 12.1. The molecular weight excluding hydrogens is 323 g/mol. The highest BCUT2D eigenvalue weighted by Gasteiger charge is 2.39. The number of benzene rings is 1. The number of methoxy groups -OCH3 is 1. The summed E-state index contributed by atoms with van der Waals surface area (Å²) in [6, 6.07) is 4.59. The molecule has 136 valence electrons. The fourth-order valence-electron chi connectivity index (χ4n) is 3.54. The maximum Gasteiger partial charge on any atom is 0.228 e. The molecule has 1 aromatic carbocycles. The number of carbonyl (C=O) groups is 1. The number of aryl methyl sites for hydroxylation is 1. The molecule has 2 heterocycles. The summed E-state index contributed by atoms with van der Waals surface area (Å²) in [4.78, 5) is 17.2. The van der Waals surface area contributed by atoms with Crippen molar-refractivity contribution in [3.63, 3.8) is 0 Å². The van der Waals surface area contributed by atoms with Crippen LogP contribution >= 0.6 is 0 Å². The summed E-state index contributed by atoms with van der Waals surface area (Å²) < 4.78 is 20.6. The summed E-state index contributed by atoms with van der Waals surface area (Å²) in [5, 5.41) is 6.32. The maximum atomic E-state index is 13.3. The molecule has 3 rings (SSSR count). The molecule has 6 nitrogen and oxygen atoms in total. The number of hydrogen-bond acceptors (Lipinski definition) is 4. The number of carbonyl (C=O) groups excluding carboxylic acids is 1. The zero-order valence-electron chi connectivity index (χ0n) is 14.8. The second-order valence-corrected chi connectivity index (χ2v) is 6.69. The van der Waals surface area contributed by atoms with Crippen LogP contribution in [0.25, 0.3) is 11.0 Å². The number of aromatic nitrogens is 2. The fourth-order valence-corrected chi connectivity index (χ4v) is 3.54. The molecule has 1 fully saturated rings. The Morgan fingerprint density at radius 2 is 2.20 bits per heavy atom. The van der Waals surface area contributed by atoms with E-state index in [0.717, 1.165) is 37.3 Å². The minimum Gasteiger partial charge on any atom is -0.384 e. The quantitative estimate of drug-likeness (QED) is 0.828. The van der Waals surface area contributed by atoms with Gasteiger partial charge in [0.25, 0.3) is 0 Å². The SMILES string of the molecule is COCC1(C(=O)NCCc2nc3cc(F)ccc3n2C)CCNCC1. The van der Waals surface area contributed by atoms with Gasteiger partial charge in [0, 0.05) is 33.2 Å². The zero-order chi connectivity index (χ0) is 17.9. The Labute approximate surface area is 146 Å². The van der Waals surface area contributed by atoms with Crippen LogP contribution in [-0.4, -0.2) is 48.8 Å². The molecule has 0 radical (unpaired) electrons. The Morgan fingerprint density at radius 1 is 1.44 bits per heavy atom. The van der Waals surface area contributed by atoms with Crippen molar-refractivity contribution in [2.24, 2.45) is 12.5 Å². The molecule has 0 spiro atoms. The van der Waals surface area contributed by atoms with Crippen LogP contribution in [0.4, 0.5) is 4.39 Å². The fraction of sp³-hybridized carbons (Fsp3) is 0.556. The lowest BCUT2D eigenvalue weighted by Gasteiger charge is -2.35. The molecule has 0 atom stereocenters. The van der Waals surface area contributed by atoms with E-state index < -0.39 is 5.41 Å². The molecule has 0 bridgehead atoms. The van der Waals surface area contributed by atoms with E-state index in [1.165, 1.54) is 12.1 Å². The lowest BCUT2D eigenvalue weighted by molar-refractivity contribution is -0.136. The van der Waals surface area contributed by atoms with Gasteiger partial charge in [0.2, 0.25) is 5.91 Å². The molecular formula is C18H25FN4O2. The number of rotatable bonds is 6. The van der Waals surface area contributed by atoms with Crippen LogP contribution in [0.1, 0.15) is 18.7 Å². The van der Waals surface area contributed by atoms with Crippen molar-refractivity contribution in [1.82, 2.24) is 20.2 Å². The van der Waals surface area contributed by atoms with Crippen LogP contribution in [0, 0.1) is 11.2 Å². The lowest BCUT2D eigenvalue weighted by Crippen LogP contribution is -2.50. The molecule has 2 N–H and O–H groups in total. The third-order valence-corrected chi connectivity index (χ3v) is 5.03. The van der Waals surface area contributed by atoms with Gasteiger partial charge >= 0.3 is 0 Å². The van der Waals surface area contributed by atoms with E-state index in [0.29, 0.717) is 25.1 Å². The smallest absolute Gasteiger partial charge is 0.228 e. The number of nitrogens with zero attached hydrogens (tertiary/aromatic N) is 2. The van der Waals surface area contributed by atoms with Crippen molar-refractivity contribution >= 4 is 16.9 Å². The van der Waals surface area contributed by atoms with E-state index in [1.807, 2.05) is 11.6 Å². The van der Waals surface area contributed by atoms with Crippen molar-refractivity contribution in [2.45, 2.75) is 19.3 Å². The van der Waals surface area contributed by atoms with Gasteiger partial charge in [-0.3, -0.25) is 4.79 Å². The summed E-state index contributed by atoms with van der Waals surface area (Å²) >= 11 is 0. The molecule has 1 aromatic heterocycles. The van der Waals surface area contributed by atoms with E-state index in [4.69, 9.17) is 4.74 Å².